The predicted octanol–water partition coefficient (Wildman–Crippen LogP) is 4.08. The second kappa shape index (κ2) is 8.54. The summed E-state index contributed by atoms with van der Waals surface area (Å²) >= 11 is 0. The summed E-state index contributed by atoms with van der Waals surface area (Å²) < 4.78 is 32.0. The van der Waals surface area contributed by atoms with E-state index < -0.39 is 29.4 Å². The molecule has 8 heteroatoms. The van der Waals surface area contributed by atoms with E-state index in [1.165, 1.54) is 11.0 Å². The number of ether oxygens (including phenoxy) is 1. The van der Waals surface area contributed by atoms with E-state index in [1.807, 2.05) is 0 Å². The van der Waals surface area contributed by atoms with E-state index in [1.54, 1.807) is 32.7 Å². The molecule has 0 aliphatic carbocycles. The van der Waals surface area contributed by atoms with Gasteiger partial charge in [-0.1, -0.05) is 0 Å². The lowest BCUT2D eigenvalue weighted by molar-refractivity contribution is 0.0253. The number of likely N-dealkylation sites (tertiary alicyclic amines) is 1. The molecule has 150 valence electrons. The summed E-state index contributed by atoms with van der Waals surface area (Å²) in [7, 11) is 1.67. The van der Waals surface area contributed by atoms with E-state index in [-0.39, 0.29) is 11.6 Å². The van der Waals surface area contributed by atoms with Gasteiger partial charge in [-0.25, -0.2) is 18.4 Å². The molecular formula is C19H27F2N3O3. The van der Waals surface area contributed by atoms with Crippen molar-refractivity contribution in [2.45, 2.75) is 39.2 Å². The standard InChI is InChI=1S/C19H27F2N3O3/c1-19(2,3)27-18(26)23(4)11-13-6-5-9-24(12-13)17(25)22-16-8-7-14(20)10-15(16)21/h7-8,10,13H,5-6,9,11-12H2,1-4H3,(H,22,25)/t13-/m0/s1. The molecule has 1 aromatic carbocycles. The van der Waals surface area contributed by atoms with Crippen LogP contribution in [-0.2, 0) is 4.74 Å². The van der Waals surface area contributed by atoms with Crippen LogP contribution in [0.4, 0.5) is 24.1 Å². The van der Waals surface area contributed by atoms with Crippen LogP contribution in [0.1, 0.15) is 33.6 Å². The Kier molecular flexibility index (Phi) is 6.62. The first-order valence-electron chi connectivity index (χ1n) is 9.00. The third-order valence-corrected chi connectivity index (χ3v) is 4.22. The van der Waals surface area contributed by atoms with Gasteiger partial charge < -0.3 is 19.9 Å². The van der Waals surface area contributed by atoms with Crippen LogP contribution in [0.15, 0.2) is 18.2 Å². The summed E-state index contributed by atoms with van der Waals surface area (Å²) in [6.45, 7) is 6.87. The zero-order valence-electron chi connectivity index (χ0n) is 16.2. The normalized spacial score (nSPS) is 17.4. The molecule has 1 aliphatic rings. The van der Waals surface area contributed by atoms with E-state index in [9.17, 15) is 18.4 Å². The van der Waals surface area contributed by atoms with Gasteiger partial charge in [0.2, 0.25) is 0 Å². The van der Waals surface area contributed by atoms with Gasteiger partial charge in [-0.3, -0.25) is 0 Å². The third kappa shape index (κ3) is 6.37. The minimum atomic E-state index is -0.818. The fourth-order valence-corrected chi connectivity index (χ4v) is 2.99. The summed E-state index contributed by atoms with van der Waals surface area (Å²) in [5, 5.41) is 2.47. The van der Waals surface area contributed by atoms with Gasteiger partial charge in [0.1, 0.15) is 17.2 Å². The van der Waals surface area contributed by atoms with Crippen molar-refractivity contribution in [2.75, 3.05) is 32.0 Å². The van der Waals surface area contributed by atoms with Gasteiger partial charge in [-0.2, -0.15) is 0 Å². The van der Waals surface area contributed by atoms with Gasteiger partial charge in [0.05, 0.1) is 5.69 Å². The number of carbonyl (C=O) groups is 2. The second-order valence-electron chi connectivity index (χ2n) is 7.87. The first-order chi connectivity index (χ1) is 12.5. The molecule has 0 bridgehead atoms. The summed E-state index contributed by atoms with van der Waals surface area (Å²) in [5.41, 5.74) is -0.627. The molecule has 3 amide bonds. The lowest BCUT2D eigenvalue weighted by Crippen LogP contribution is -2.46. The summed E-state index contributed by atoms with van der Waals surface area (Å²) in [6, 6.07) is 2.57. The molecule has 0 saturated carbocycles. The van der Waals surface area contributed by atoms with Crippen LogP contribution in [0, 0.1) is 17.6 Å². The summed E-state index contributed by atoms with van der Waals surface area (Å²) in [5.74, 6) is -1.42. The number of nitrogens with one attached hydrogen (secondary N) is 1. The van der Waals surface area contributed by atoms with Crippen molar-refractivity contribution in [2.24, 2.45) is 5.92 Å². The molecule has 1 atom stereocenters. The van der Waals surface area contributed by atoms with Crippen molar-refractivity contribution in [3.05, 3.63) is 29.8 Å². The van der Waals surface area contributed by atoms with Crippen molar-refractivity contribution in [1.82, 2.24) is 9.80 Å². The second-order valence-corrected chi connectivity index (χ2v) is 7.87. The van der Waals surface area contributed by atoms with Gasteiger partial charge in [-0.15, -0.1) is 0 Å². The number of hydrogen-bond donors (Lipinski definition) is 1. The SMILES string of the molecule is CN(C[C@@H]1CCCN(C(=O)Nc2ccc(F)cc2F)C1)C(=O)OC(C)(C)C. The number of halogens is 2. The van der Waals surface area contributed by atoms with Gasteiger partial charge in [-0.05, 0) is 51.7 Å². The van der Waals surface area contributed by atoms with E-state index in [4.69, 9.17) is 4.74 Å². The first kappa shape index (κ1) is 20.9. The van der Waals surface area contributed by atoms with Crippen LogP contribution in [0.2, 0.25) is 0 Å². The molecule has 1 heterocycles. The van der Waals surface area contributed by atoms with Crippen molar-refractivity contribution in [3.63, 3.8) is 0 Å². The third-order valence-electron chi connectivity index (χ3n) is 4.22. The minimum absolute atomic E-state index is 0.0607. The van der Waals surface area contributed by atoms with Crippen LogP contribution in [-0.4, -0.2) is 54.2 Å². The van der Waals surface area contributed by atoms with Crippen LogP contribution < -0.4 is 5.32 Å². The zero-order valence-corrected chi connectivity index (χ0v) is 16.2. The summed E-state index contributed by atoms with van der Waals surface area (Å²) in [4.78, 5) is 27.6. The van der Waals surface area contributed by atoms with Crippen LogP contribution in [0.5, 0.6) is 0 Å². The highest BCUT2D eigenvalue weighted by atomic mass is 19.1. The highest BCUT2D eigenvalue weighted by molar-refractivity contribution is 5.89. The molecule has 1 saturated heterocycles. The number of hydrogen-bond acceptors (Lipinski definition) is 3. The van der Waals surface area contributed by atoms with E-state index in [0.717, 1.165) is 25.0 Å². The fourth-order valence-electron chi connectivity index (χ4n) is 2.99. The molecule has 0 radical (unpaired) electrons. The Hall–Kier alpha value is -2.38. The van der Waals surface area contributed by atoms with Crippen LogP contribution in [0.3, 0.4) is 0 Å². The van der Waals surface area contributed by atoms with Crippen LogP contribution in [0.25, 0.3) is 0 Å². The maximum atomic E-state index is 13.7. The molecule has 1 fully saturated rings. The maximum Gasteiger partial charge on any atom is 0.410 e. The number of anilines is 1. The predicted molar refractivity (Wildman–Crippen MR) is 98.5 cm³/mol. The number of nitrogens with zero attached hydrogens (tertiary/aromatic N) is 2. The molecule has 1 aromatic rings. The van der Waals surface area contributed by atoms with Crippen molar-refractivity contribution in [3.8, 4) is 0 Å². The number of piperidine rings is 1. The number of amides is 3. The maximum absolute atomic E-state index is 13.7. The molecule has 0 spiro atoms. The Morgan fingerprint density at radius 3 is 2.67 bits per heavy atom. The highest BCUT2D eigenvalue weighted by Crippen LogP contribution is 2.21. The number of benzene rings is 1. The van der Waals surface area contributed by atoms with Crippen LogP contribution >= 0.6 is 0 Å². The van der Waals surface area contributed by atoms with E-state index >= 15 is 0 Å². The molecule has 1 N–H and O–H groups in total. The minimum Gasteiger partial charge on any atom is -0.444 e. The topological polar surface area (TPSA) is 61.9 Å². The molecule has 2 rings (SSSR count). The Bertz CT molecular complexity index is 691. The molecule has 27 heavy (non-hydrogen) atoms. The number of carbonyl (C=O) groups excluding carboxylic acids is 2. The zero-order chi connectivity index (χ0) is 20.2. The molecule has 6 nitrogen and oxygen atoms in total. The van der Waals surface area contributed by atoms with E-state index in [2.05, 4.69) is 5.32 Å². The molecule has 0 aromatic heterocycles. The van der Waals surface area contributed by atoms with Gasteiger partial charge in [0.15, 0.2) is 0 Å². The van der Waals surface area contributed by atoms with E-state index in [0.29, 0.717) is 19.6 Å². The Labute approximate surface area is 158 Å². The monoisotopic (exact) mass is 383 g/mol. The molecule has 0 unspecified atom stereocenters. The van der Waals surface area contributed by atoms with Crippen molar-refractivity contribution < 1.29 is 23.1 Å². The summed E-state index contributed by atoms with van der Waals surface area (Å²) in [6.07, 6.45) is 1.26. The van der Waals surface area contributed by atoms with Crippen molar-refractivity contribution in [1.29, 1.82) is 0 Å². The largest absolute Gasteiger partial charge is 0.444 e. The number of urea groups is 1. The molecule has 1 aliphatic heterocycles. The lowest BCUT2D eigenvalue weighted by atomic mass is 9.98. The van der Waals surface area contributed by atoms with Crippen molar-refractivity contribution >= 4 is 17.8 Å². The quantitative estimate of drug-likeness (QED) is 0.856. The Balaban J connectivity index is 1.91. The Morgan fingerprint density at radius 1 is 1.33 bits per heavy atom. The first-order valence-corrected chi connectivity index (χ1v) is 9.00. The van der Waals surface area contributed by atoms with Gasteiger partial charge in [0.25, 0.3) is 0 Å². The average molecular weight is 383 g/mol. The number of rotatable bonds is 3. The average Bonchev–Trinajstić information content (AvgIpc) is 2.56. The molecular weight excluding hydrogens is 356 g/mol. The smallest absolute Gasteiger partial charge is 0.410 e. The van der Waals surface area contributed by atoms with Gasteiger partial charge in [0, 0.05) is 32.7 Å². The highest BCUT2D eigenvalue weighted by Gasteiger charge is 2.27. The Morgan fingerprint density at radius 2 is 2.04 bits per heavy atom. The fraction of sp³-hybridized carbons (Fsp3) is 0.579. The lowest BCUT2D eigenvalue weighted by Gasteiger charge is -2.35. The van der Waals surface area contributed by atoms with Gasteiger partial charge >= 0.3 is 12.1 Å².